The van der Waals surface area contributed by atoms with Gasteiger partial charge in [0.2, 0.25) is 0 Å². The van der Waals surface area contributed by atoms with E-state index in [-0.39, 0.29) is 5.84 Å². The summed E-state index contributed by atoms with van der Waals surface area (Å²) < 4.78 is 16.6. The Hall–Kier alpha value is -3.07. The Bertz CT molecular complexity index is 983. The van der Waals surface area contributed by atoms with Crippen LogP contribution in [-0.2, 0) is 9.47 Å². The van der Waals surface area contributed by atoms with Gasteiger partial charge in [0.25, 0.3) is 5.91 Å². The van der Waals surface area contributed by atoms with Crippen molar-refractivity contribution in [3.8, 4) is 17.9 Å². The summed E-state index contributed by atoms with van der Waals surface area (Å²) >= 11 is 0. The number of allylic oxidation sites excluding steroid dienone is 1. The standard InChI is InChI=1S/C21H23N5O3/c1-27-14-9-7-13(8-10-14)17-19(11-22)18(24)26-21(28-2,29-3)20(19,12-23)15-5-4-6-16(15)25-17/h7-10,17,25H,4-6H2,1-3H3,(H2,24,26)/t17-,19-,20-/m1/s1. The van der Waals surface area contributed by atoms with Crippen LogP contribution in [0, 0.1) is 33.5 Å². The second-order valence-corrected chi connectivity index (χ2v) is 7.43. The Balaban J connectivity index is 2.04. The molecule has 0 spiro atoms. The van der Waals surface area contributed by atoms with Gasteiger partial charge in [0, 0.05) is 19.9 Å². The molecule has 1 aliphatic carbocycles. The lowest BCUT2D eigenvalue weighted by Crippen LogP contribution is -2.63. The van der Waals surface area contributed by atoms with Crippen molar-refractivity contribution >= 4 is 5.84 Å². The van der Waals surface area contributed by atoms with E-state index >= 15 is 0 Å². The summed E-state index contributed by atoms with van der Waals surface area (Å²) in [6.07, 6.45) is 2.28. The molecule has 1 aromatic rings. The number of ether oxygens (including phenoxy) is 3. The third-order valence-corrected chi connectivity index (χ3v) is 6.51. The number of hydrogen-bond donors (Lipinski definition) is 2. The van der Waals surface area contributed by atoms with Crippen LogP contribution in [-0.4, -0.2) is 33.1 Å². The highest BCUT2D eigenvalue weighted by Gasteiger charge is 2.79. The molecule has 1 aromatic carbocycles. The average Bonchev–Trinajstić information content (AvgIpc) is 3.32. The van der Waals surface area contributed by atoms with Gasteiger partial charge in [0.1, 0.15) is 11.6 Å². The number of nitriles is 2. The zero-order valence-electron chi connectivity index (χ0n) is 16.7. The van der Waals surface area contributed by atoms with E-state index in [2.05, 4.69) is 22.4 Å². The Kier molecular flexibility index (Phi) is 4.30. The molecule has 0 radical (unpaired) electrons. The minimum Gasteiger partial charge on any atom is -0.497 e. The first-order valence-corrected chi connectivity index (χ1v) is 9.41. The van der Waals surface area contributed by atoms with Crippen LogP contribution in [0.2, 0.25) is 0 Å². The molecule has 4 rings (SSSR count). The highest BCUT2D eigenvalue weighted by molar-refractivity contribution is 5.96. The third-order valence-electron chi connectivity index (χ3n) is 6.51. The Morgan fingerprint density at radius 1 is 1.10 bits per heavy atom. The summed E-state index contributed by atoms with van der Waals surface area (Å²) in [4.78, 5) is 4.46. The minimum atomic E-state index is -1.70. The fraction of sp³-hybridized carbons (Fsp3) is 0.476. The van der Waals surface area contributed by atoms with Crippen LogP contribution in [0.15, 0.2) is 40.5 Å². The van der Waals surface area contributed by atoms with Crippen molar-refractivity contribution in [2.24, 2.45) is 21.6 Å². The summed E-state index contributed by atoms with van der Waals surface area (Å²) in [7, 11) is 4.44. The minimum absolute atomic E-state index is 0.0250. The molecular weight excluding hydrogens is 370 g/mol. The van der Waals surface area contributed by atoms with Crippen molar-refractivity contribution in [3.63, 3.8) is 0 Å². The summed E-state index contributed by atoms with van der Waals surface area (Å²) in [5.74, 6) is -0.977. The van der Waals surface area contributed by atoms with Gasteiger partial charge in [0.15, 0.2) is 10.8 Å². The number of fused-ring (bicyclic) bond motifs is 2. The van der Waals surface area contributed by atoms with Crippen molar-refractivity contribution < 1.29 is 14.2 Å². The number of hydrogen-bond acceptors (Lipinski definition) is 8. The second-order valence-electron chi connectivity index (χ2n) is 7.43. The van der Waals surface area contributed by atoms with Crippen LogP contribution in [0.1, 0.15) is 30.9 Å². The molecule has 3 N–H and O–H groups in total. The van der Waals surface area contributed by atoms with Crippen LogP contribution < -0.4 is 15.8 Å². The largest absolute Gasteiger partial charge is 0.497 e. The number of amidine groups is 1. The maximum absolute atomic E-state index is 10.6. The van der Waals surface area contributed by atoms with Crippen molar-refractivity contribution in [2.75, 3.05) is 21.3 Å². The molecule has 0 fully saturated rings. The quantitative estimate of drug-likeness (QED) is 0.750. The SMILES string of the molecule is COc1ccc([C@H]2NC3=C(CCC3)[C@@]3(C#N)C(OC)(OC)N=C(N)[C@@]23C#N)cc1. The lowest BCUT2D eigenvalue weighted by molar-refractivity contribution is -0.253. The zero-order chi connectivity index (χ0) is 20.9. The van der Waals surface area contributed by atoms with E-state index in [0.717, 1.165) is 29.7 Å². The first kappa shape index (κ1) is 19.3. The van der Waals surface area contributed by atoms with Crippen LogP contribution in [0.25, 0.3) is 0 Å². The number of methoxy groups -OCH3 is 3. The van der Waals surface area contributed by atoms with Crippen molar-refractivity contribution in [3.05, 3.63) is 41.1 Å². The summed E-state index contributed by atoms with van der Waals surface area (Å²) in [6.45, 7) is 0. The van der Waals surface area contributed by atoms with Gasteiger partial charge in [-0.2, -0.15) is 10.5 Å². The monoisotopic (exact) mass is 393 g/mol. The highest BCUT2D eigenvalue weighted by atomic mass is 16.7. The van der Waals surface area contributed by atoms with E-state index in [1.807, 2.05) is 24.3 Å². The molecule has 0 amide bonds. The topological polar surface area (TPSA) is 126 Å². The number of benzene rings is 1. The lowest BCUT2D eigenvalue weighted by Gasteiger charge is -2.51. The van der Waals surface area contributed by atoms with Gasteiger partial charge < -0.3 is 25.3 Å². The molecule has 3 atom stereocenters. The van der Waals surface area contributed by atoms with Gasteiger partial charge in [-0.15, -0.1) is 0 Å². The zero-order valence-corrected chi connectivity index (χ0v) is 16.7. The van der Waals surface area contributed by atoms with Gasteiger partial charge in [0.05, 0.1) is 25.3 Å². The molecule has 3 aliphatic rings. The number of nitrogens with two attached hydrogens (primary N) is 1. The van der Waals surface area contributed by atoms with Gasteiger partial charge >= 0.3 is 0 Å². The maximum atomic E-state index is 10.6. The Morgan fingerprint density at radius 3 is 2.34 bits per heavy atom. The van der Waals surface area contributed by atoms with Gasteiger partial charge in [-0.1, -0.05) is 12.1 Å². The number of rotatable bonds is 4. The first-order valence-electron chi connectivity index (χ1n) is 9.41. The van der Waals surface area contributed by atoms with E-state index < -0.39 is 22.8 Å². The Morgan fingerprint density at radius 2 is 1.79 bits per heavy atom. The maximum Gasteiger partial charge on any atom is 0.296 e. The molecule has 8 nitrogen and oxygen atoms in total. The van der Waals surface area contributed by atoms with Gasteiger partial charge in [-0.25, -0.2) is 4.99 Å². The van der Waals surface area contributed by atoms with Crippen molar-refractivity contribution in [1.29, 1.82) is 10.5 Å². The van der Waals surface area contributed by atoms with Crippen molar-refractivity contribution in [2.45, 2.75) is 31.2 Å². The van der Waals surface area contributed by atoms with Crippen LogP contribution >= 0.6 is 0 Å². The number of aliphatic imine (C=N–C) groups is 1. The smallest absolute Gasteiger partial charge is 0.296 e. The Labute approximate surface area is 169 Å². The van der Waals surface area contributed by atoms with E-state index in [1.165, 1.54) is 14.2 Å². The van der Waals surface area contributed by atoms with Gasteiger partial charge in [-0.3, -0.25) is 0 Å². The van der Waals surface area contributed by atoms with Gasteiger partial charge in [-0.05, 0) is 42.5 Å². The normalized spacial score (nSPS) is 31.8. The number of nitrogens with zero attached hydrogens (tertiary/aromatic N) is 3. The van der Waals surface area contributed by atoms with Crippen LogP contribution in [0.3, 0.4) is 0 Å². The van der Waals surface area contributed by atoms with E-state index in [1.54, 1.807) is 7.11 Å². The predicted octanol–water partition coefficient (Wildman–Crippen LogP) is 2.11. The van der Waals surface area contributed by atoms with Crippen LogP contribution in [0.4, 0.5) is 0 Å². The second kappa shape index (κ2) is 6.48. The molecule has 8 heteroatoms. The number of nitrogens with one attached hydrogen (secondary N) is 1. The molecule has 29 heavy (non-hydrogen) atoms. The summed E-state index contributed by atoms with van der Waals surface area (Å²) in [5, 5.41) is 24.6. The fourth-order valence-corrected chi connectivity index (χ4v) is 5.21. The molecule has 2 heterocycles. The first-order chi connectivity index (χ1) is 14.0. The highest BCUT2D eigenvalue weighted by Crippen LogP contribution is 2.67. The van der Waals surface area contributed by atoms with E-state index in [9.17, 15) is 10.5 Å². The molecule has 2 aliphatic heterocycles. The molecule has 0 aromatic heterocycles. The molecule has 0 saturated heterocycles. The van der Waals surface area contributed by atoms with Crippen molar-refractivity contribution in [1.82, 2.24) is 5.32 Å². The molecule has 0 bridgehead atoms. The lowest BCUT2D eigenvalue weighted by atomic mass is 9.53. The predicted molar refractivity (Wildman–Crippen MR) is 104 cm³/mol. The van der Waals surface area contributed by atoms with Crippen LogP contribution in [0.5, 0.6) is 5.75 Å². The van der Waals surface area contributed by atoms with E-state index in [0.29, 0.717) is 12.2 Å². The molecule has 0 unspecified atom stereocenters. The molecule has 150 valence electrons. The summed E-state index contributed by atoms with van der Waals surface area (Å²) in [5.41, 5.74) is 5.92. The summed E-state index contributed by atoms with van der Waals surface area (Å²) in [6, 6.07) is 11.5. The molecule has 0 saturated carbocycles. The third kappa shape index (κ3) is 2.05. The average molecular weight is 393 g/mol. The molecular formula is C21H23N5O3. The van der Waals surface area contributed by atoms with E-state index in [4.69, 9.17) is 19.9 Å². The fourth-order valence-electron chi connectivity index (χ4n) is 5.21.